The minimum atomic E-state index is 0.723. The summed E-state index contributed by atoms with van der Waals surface area (Å²) >= 11 is 5.56. The fourth-order valence-corrected chi connectivity index (χ4v) is 1.21. The van der Waals surface area contributed by atoms with Crippen LogP contribution in [0.15, 0.2) is 24.3 Å². The van der Waals surface area contributed by atoms with Gasteiger partial charge in [0.05, 0.1) is 6.61 Å². The highest BCUT2D eigenvalue weighted by Crippen LogP contribution is 2.13. The van der Waals surface area contributed by atoms with Crippen LogP contribution >= 0.6 is 38.5 Å². The van der Waals surface area contributed by atoms with Crippen LogP contribution in [0.1, 0.15) is 0 Å². The third-order valence-corrected chi connectivity index (χ3v) is 2.20. The lowest BCUT2D eigenvalue weighted by molar-refractivity contribution is 0.345. The number of rotatable bonds is 3. The van der Waals surface area contributed by atoms with E-state index in [0.29, 0.717) is 0 Å². The molecule has 0 heterocycles. The van der Waals surface area contributed by atoms with Gasteiger partial charge in [0.25, 0.3) is 0 Å². The Morgan fingerprint density at radius 2 is 1.91 bits per heavy atom. The zero-order valence-corrected chi connectivity index (χ0v) is 9.63. The van der Waals surface area contributed by atoms with Gasteiger partial charge in [0.15, 0.2) is 0 Å². The summed E-state index contributed by atoms with van der Waals surface area (Å²) in [6.07, 6.45) is 0. The van der Waals surface area contributed by atoms with Gasteiger partial charge in [-0.05, 0) is 46.9 Å². The molecule has 1 aromatic carbocycles. The van der Waals surface area contributed by atoms with E-state index in [1.807, 2.05) is 24.3 Å². The second-order valence-corrected chi connectivity index (χ2v) is 4.03. The molecule has 0 aliphatic heterocycles. The normalized spacial score (nSPS) is 9.64. The first-order valence-corrected chi connectivity index (χ1v) is 5.47. The molecule has 0 amide bonds. The number of benzene rings is 1. The number of ether oxygens (including phenoxy) is 1. The summed E-state index contributed by atoms with van der Waals surface area (Å²) in [4.78, 5) is 0. The van der Waals surface area contributed by atoms with Crippen molar-refractivity contribution in [2.24, 2.45) is 0 Å². The summed E-state index contributed by atoms with van der Waals surface area (Å²) in [5.41, 5.74) is 0. The molecule has 0 atom stereocenters. The summed E-state index contributed by atoms with van der Waals surface area (Å²) < 4.78 is 6.59. The third-order valence-electron chi connectivity index (χ3n) is 1.16. The molecule has 0 radical (unpaired) electrons. The Balaban J connectivity index is 2.52. The summed E-state index contributed by atoms with van der Waals surface area (Å²) in [5, 5.41) is 0.874. The smallest absolute Gasteiger partial charge is 0.119 e. The van der Waals surface area contributed by atoms with E-state index in [1.165, 1.54) is 3.57 Å². The molecule has 1 nitrogen and oxygen atoms in total. The molecule has 0 spiro atoms. The Morgan fingerprint density at radius 1 is 1.27 bits per heavy atom. The second kappa shape index (κ2) is 4.98. The van der Waals surface area contributed by atoms with Crippen molar-refractivity contribution in [3.05, 3.63) is 27.8 Å². The van der Waals surface area contributed by atoms with E-state index in [9.17, 15) is 0 Å². The largest absolute Gasteiger partial charge is 0.493 e. The first-order valence-electron chi connectivity index (χ1n) is 3.27. The van der Waals surface area contributed by atoms with Crippen LogP contribution in [0, 0.1) is 3.57 Å². The summed E-state index contributed by atoms with van der Waals surface area (Å²) in [7, 11) is 0. The standard InChI is InChI=1S/C8H8BrIO/c9-5-6-11-8-3-1-7(10)2-4-8/h1-4H,5-6H2. The summed E-state index contributed by atoms with van der Waals surface area (Å²) in [6.45, 7) is 0.723. The van der Waals surface area contributed by atoms with Crippen LogP contribution in [0.5, 0.6) is 5.75 Å². The van der Waals surface area contributed by atoms with Crippen molar-refractivity contribution < 1.29 is 4.74 Å². The highest BCUT2D eigenvalue weighted by atomic mass is 127. The van der Waals surface area contributed by atoms with Gasteiger partial charge in [-0.2, -0.15) is 0 Å². The van der Waals surface area contributed by atoms with Crippen LogP contribution in [0.3, 0.4) is 0 Å². The van der Waals surface area contributed by atoms with E-state index >= 15 is 0 Å². The Kier molecular flexibility index (Phi) is 4.22. The van der Waals surface area contributed by atoms with E-state index in [1.54, 1.807) is 0 Å². The Morgan fingerprint density at radius 3 is 2.45 bits per heavy atom. The van der Waals surface area contributed by atoms with Crippen LogP contribution in [0.25, 0.3) is 0 Å². The van der Waals surface area contributed by atoms with E-state index < -0.39 is 0 Å². The Hall–Kier alpha value is 0.230. The summed E-state index contributed by atoms with van der Waals surface area (Å²) in [5.74, 6) is 0.935. The Bertz CT molecular complexity index is 210. The van der Waals surface area contributed by atoms with Gasteiger partial charge in [-0.3, -0.25) is 0 Å². The van der Waals surface area contributed by atoms with Crippen molar-refractivity contribution in [3.8, 4) is 5.75 Å². The molecule has 0 saturated carbocycles. The van der Waals surface area contributed by atoms with Crippen molar-refractivity contribution in [1.29, 1.82) is 0 Å². The minimum absolute atomic E-state index is 0.723. The van der Waals surface area contributed by atoms with Crippen LogP contribution in [-0.2, 0) is 0 Å². The van der Waals surface area contributed by atoms with E-state index in [4.69, 9.17) is 4.74 Å². The quantitative estimate of drug-likeness (QED) is 0.613. The maximum atomic E-state index is 5.36. The molecule has 0 fully saturated rings. The molecule has 3 heteroatoms. The highest BCUT2D eigenvalue weighted by molar-refractivity contribution is 14.1. The Labute approximate surface area is 88.4 Å². The molecular formula is C8H8BrIO. The van der Waals surface area contributed by atoms with Gasteiger partial charge < -0.3 is 4.74 Å². The fourth-order valence-electron chi connectivity index (χ4n) is 0.687. The maximum absolute atomic E-state index is 5.36. The molecule has 60 valence electrons. The predicted molar refractivity (Wildman–Crippen MR) is 58.4 cm³/mol. The van der Waals surface area contributed by atoms with E-state index in [2.05, 4.69) is 38.5 Å². The van der Waals surface area contributed by atoms with Crippen molar-refractivity contribution in [1.82, 2.24) is 0 Å². The van der Waals surface area contributed by atoms with Crippen LogP contribution < -0.4 is 4.74 Å². The zero-order valence-electron chi connectivity index (χ0n) is 5.89. The molecule has 1 aromatic rings. The van der Waals surface area contributed by atoms with Crippen molar-refractivity contribution in [2.45, 2.75) is 0 Å². The molecule has 11 heavy (non-hydrogen) atoms. The summed E-state index contributed by atoms with van der Waals surface area (Å²) in [6, 6.07) is 8.02. The number of hydrogen-bond donors (Lipinski definition) is 0. The number of hydrogen-bond acceptors (Lipinski definition) is 1. The van der Waals surface area contributed by atoms with E-state index in [-0.39, 0.29) is 0 Å². The highest BCUT2D eigenvalue weighted by Gasteiger charge is 1.90. The van der Waals surface area contributed by atoms with Gasteiger partial charge in [-0.25, -0.2) is 0 Å². The predicted octanol–water partition coefficient (Wildman–Crippen LogP) is 3.06. The maximum Gasteiger partial charge on any atom is 0.119 e. The number of alkyl halides is 1. The van der Waals surface area contributed by atoms with Gasteiger partial charge in [-0.15, -0.1) is 0 Å². The number of halogens is 2. The fraction of sp³-hybridized carbons (Fsp3) is 0.250. The third kappa shape index (κ3) is 3.42. The lowest BCUT2D eigenvalue weighted by atomic mass is 10.3. The molecule has 0 aliphatic rings. The molecule has 0 bridgehead atoms. The van der Waals surface area contributed by atoms with Gasteiger partial charge in [-0.1, -0.05) is 15.9 Å². The lowest BCUT2D eigenvalue weighted by Crippen LogP contribution is -1.96. The zero-order chi connectivity index (χ0) is 8.10. The van der Waals surface area contributed by atoms with Crippen molar-refractivity contribution >= 4 is 38.5 Å². The molecule has 0 N–H and O–H groups in total. The van der Waals surface area contributed by atoms with Gasteiger partial charge in [0, 0.05) is 8.90 Å². The molecule has 0 saturated heterocycles. The molecule has 0 aliphatic carbocycles. The molecule has 0 aromatic heterocycles. The van der Waals surface area contributed by atoms with Gasteiger partial charge in [0.1, 0.15) is 5.75 Å². The second-order valence-electron chi connectivity index (χ2n) is 1.99. The van der Waals surface area contributed by atoms with Crippen LogP contribution in [0.4, 0.5) is 0 Å². The lowest BCUT2D eigenvalue weighted by Gasteiger charge is -2.02. The van der Waals surface area contributed by atoms with Gasteiger partial charge >= 0.3 is 0 Å². The topological polar surface area (TPSA) is 9.23 Å². The minimum Gasteiger partial charge on any atom is -0.493 e. The average Bonchev–Trinajstić information content (AvgIpc) is 2.04. The van der Waals surface area contributed by atoms with Gasteiger partial charge in [0.2, 0.25) is 0 Å². The monoisotopic (exact) mass is 326 g/mol. The van der Waals surface area contributed by atoms with Crippen LogP contribution in [0.2, 0.25) is 0 Å². The first-order chi connectivity index (χ1) is 5.33. The van der Waals surface area contributed by atoms with E-state index in [0.717, 1.165) is 17.7 Å². The van der Waals surface area contributed by atoms with Crippen molar-refractivity contribution in [2.75, 3.05) is 11.9 Å². The first kappa shape index (κ1) is 9.32. The molecule has 0 unspecified atom stereocenters. The molecular weight excluding hydrogens is 319 g/mol. The molecule has 1 rings (SSSR count). The SMILES string of the molecule is BrCCOc1ccc(I)cc1. The average molecular weight is 327 g/mol. The van der Waals surface area contributed by atoms with Crippen LogP contribution in [-0.4, -0.2) is 11.9 Å². The van der Waals surface area contributed by atoms with Crippen molar-refractivity contribution in [3.63, 3.8) is 0 Å².